The lowest BCUT2D eigenvalue weighted by molar-refractivity contribution is -0.133. The number of ether oxygens (including phenoxy) is 1. The van der Waals surface area contributed by atoms with Crippen molar-refractivity contribution >= 4 is 23.4 Å². The van der Waals surface area contributed by atoms with Crippen LogP contribution in [0.25, 0.3) is 0 Å². The highest BCUT2D eigenvalue weighted by molar-refractivity contribution is 6.30. The molecular formula is C19H28ClN3O3. The highest BCUT2D eigenvalue weighted by Crippen LogP contribution is 2.15. The van der Waals surface area contributed by atoms with Crippen molar-refractivity contribution in [3.8, 4) is 5.75 Å². The lowest BCUT2D eigenvalue weighted by Crippen LogP contribution is -2.53. The van der Waals surface area contributed by atoms with E-state index < -0.39 is 0 Å². The van der Waals surface area contributed by atoms with Crippen LogP contribution in [-0.4, -0.2) is 66.5 Å². The zero-order valence-electron chi connectivity index (χ0n) is 15.8. The average molecular weight is 382 g/mol. The molecule has 144 valence electrons. The number of carbonyl (C=O) groups excluding carboxylic acids is 2. The van der Waals surface area contributed by atoms with Crippen LogP contribution in [-0.2, 0) is 9.59 Å². The summed E-state index contributed by atoms with van der Waals surface area (Å²) in [6.07, 6.45) is 0.340. The monoisotopic (exact) mass is 381 g/mol. The molecular weight excluding hydrogens is 354 g/mol. The molecule has 1 aromatic rings. The van der Waals surface area contributed by atoms with Gasteiger partial charge in [-0.25, -0.2) is 0 Å². The second-order valence-corrected chi connectivity index (χ2v) is 7.94. The molecule has 0 aromatic heterocycles. The highest BCUT2D eigenvalue weighted by atomic mass is 35.5. The van der Waals surface area contributed by atoms with Gasteiger partial charge in [0.2, 0.25) is 11.8 Å². The largest absolute Gasteiger partial charge is 0.493 e. The van der Waals surface area contributed by atoms with Crippen LogP contribution in [0.2, 0.25) is 5.02 Å². The molecule has 0 bridgehead atoms. The van der Waals surface area contributed by atoms with E-state index in [4.69, 9.17) is 16.3 Å². The molecule has 2 amide bonds. The zero-order chi connectivity index (χ0) is 19.2. The van der Waals surface area contributed by atoms with E-state index in [0.717, 1.165) is 0 Å². The number of halogens is 1. The third-order valence-electron chi connectivity index (χ3n) is 4.00. The fourth-order valence-corrected chi connectivity index (χ4v) is 2.89. The molecule has 1 aliphatic heterocycles. The summed E-state index contributed by atoms with van der Waals surface area (Å²) in [5, 5.41) is 3.62. The third-order valence-corrected chi connectivity index (χ3v) is 4.26. The number of amides is 2. The van der Waals surface area contributed by atoms with Crippen molar-refractivity contribution in [3.05, 3.63) is 29.3 Å². The van der Waals surface area contributed by atoms with E-state index in [0.29, 0.717) is 56.5 Å². The Kier molecular flexibility index (Phi) is 7.29. The Hall–Kier alpha value is -1.79. The predicted octanol–water partition coefficient (Wildman–Crippen LogP) is 2.17. The number of piperazine rings is 1. The quantitative estimate of drug-likeness (QED) is 0.820. The van der Waals surface area contributed by atoms with Crippen LogP contribution in [0.5, 0.6) is 5.75 Å². The van der Waals surface area contributed by atoms with Gasteiger partial charge in [-0.05, 0) is 45.0 Å². The molecule has 0 unspecified atom stereocenters. The molecule has 1 heterocycles. The number of nitrogens with one attached hydrogen (secondary N) is 1. The van der Waals surface area contributed by atoms with Gasteiger partial charge in [-0.2, -0.15) is 0 Å². The standard InChI is InChI=1S/C19H28ClN3O3/c1-19(2,3)21-17(24)14-22-9-11-23(12-10-22)18(25)8-13-26-16-6-4-15(20)5-7-16/h4-7H,8-14H2,1-3H3,(H,21,24). The van der Waals surface area contributed by atoms with Crippen molar-refractivity contribution in [2.75, 3.05) is 39.3 Å². The van der Waals surface area contributed by atoms with E-state index in [2.05, 4.69) is 10.2 Å². The summed E-state index contributed by atoms with van der Waals surface area (Å²) in [4.78, 5) is 28.2. The molecule has 1 N–H and O–H groups in total. The van der Waals surface area contributed by atoms with Gasteiger partial charge < -0.3 is 15.0 Å². The summed E-state index contributed by atoms with van der Waals surface area (Å²) >= 11 is 5.83. The second kappa shape index (κ2) is 9.24. The average Bonchev–Trinajstić information content (AvgIpc) is 2.55. The third kappa shape index (κ3) is 7.22. The number of benzene rings is 1. The fourth-order valence-electron chi connectivity index (χ4n) is 2.76. The Morgan fingerprint density at radius 3 is 2.31 bits per heavy atom. The van der Waals surface area contributed by atoms with E-state index in [1.807, 2.05) is 25.7 Å². The second-order valence-electron chi connectivity index (χ2n) is 7.51. The normalized spacial score (nSPS) is 15.6. The van der Waals surface area contributed by atoms with Crippen LogP contribution in [0.1, 0.15) is 27.2 Å². The molecule has 1 saturated heterocycles. The maximum Gasteiger partial charge on any atom is 0.234 e. The molecule has 7 heteroatoms. The summed E-state index contributed by atoms with van der Waals surface area (Å²) in [6.45, 7) is 9.32. The first-order valence-corrected chi connectivity index (χ1v) is 9.30. The van der Waals surface area contributed by atoms with Gasteiger partial charge in [-0.3, -0.25) is 14.5 Å². The summed E-state index contributed by atoms with van der Waals surface area (Å²) < 4.78 is 5.57. The molecule has 1 aromatic carbocycles. The maximum absolute atomic E-state index is 12.3. The topological polar surface area (TPSA) is 61.9 Å². The minimum atomic E-state index is -0.223. The smallest absolute Gasteiger partial charge is 0.234 e. The lowest BCUT2D eigenvalue weighted by Gasteiger charge is -2.35. The first-order chi connectivity index (χ1) is 12.2. The van der Waals surface area contributed by atoms with Crippen molar-refractivity contribution in [2.45, 2.75) is 32.7 Å². The van der Waals surface area contributed by atoms with Crippen molar-refractivity contribution < 1.29 is 14.3 Å². The Labute approximate surface area is 160 Å². The Morgan fingerprint density at radius 1 is 1.12 bits per heavy atom. The Balaban J connectivity index is 1.66. The molecule has 26 heavy (non-hydrogen) atoms. The molecule has 0 radical (unpaired) electrons. The zero-order valence-corrected chi connectivity index (χ0v) is 16.5. The summed E-state index contributed by atoms with van der Waals surface area (Å²) in [5.74, 6) is 0.809. The summed E-state index contributed by atoms with van der Waals surface area (Å²) in [7, 11) is 0. The maximum atomic E-state index is 12.3. The van der Waals surface area contributed by atoms with Crippen molar-refractivity contribution in [1.82, 2.24) is 15.1 Å². The number of rotatable bonds is 6. The molecule has 1 fully saturated rings. The molecule has 0 atom stereocenters. The van der Waals surface area contributed by atoms with Gasteiger partial charge in [0, 0.05) is 36.7 Å². The summed E-state index contributed by atoms with van der Waals surface area (Å²) in [5.41, 5.74) is -0.223. The van der Waals surface area contributed by atoms with Gasteiger partial charge in [-0.1, -0.05) is 11.6 Å². The number of nitrogens with zero attached hydrogens (tertiary/aromatic N) is 2. The Bertz CT molecular complexity index is 605. The molecule has 0 aliphatic carbocycles. The van der Waals surface area contributed by atoms with E-state index >= 15 is 0 Å². The van der Waals surface area contributed by atoms with Gasteiger partial charge in [0.25, 0.3) is 0 Å². The molecule has 2 rings (SSSR count). The van der Waals surface area contributed by atoms with Crippen molar-refractivity contribution in [2.24, 2.45) is 0 Å². The minimum Gasteiger partial charge on any atom is -0.493 e. The van der Waals surface area contributed by atoms with Crippen LogP contribution in [0.4, 0.5) is 0 Å². The van der Waals surface area contributed by atoms with Crippen LogP contribution in [0, 0.1) is 0 Å². The first-order valence-electron chi connectivity index (χ1n) is 8.92. The van der Waals surface area contributed by atoms with Crippen molar-refractivity contribution in [1.29, 1.82) is 0 Å². The molecule has 6 nitrogen and oxygen atoms in total. The van der Waals surface area contributed by atoms with E-state index in [1.165, 1.54) is 0 Å². The van der Waals surface area contributed by atoms with Crippen molar-refractivity contribution in [3.63, 3.8) is 0 Å². The number of hydrogen-bond acceptors (Lipinski definition) is 4. The van der Waals surface area contributed by atoms with Gasteiger partial charge in [0.05, 0.1) is 19.6 Å². The van der Waals surface area contributed by atoms with Gasteiger partial charge >= 0.3 is 0 Å². The lowest BCUT2D eigenvalue weighted by atomic mass is 10.1. The molecule has 0 spiro atoms. The van der Waals surface area contributed by atoms with Crippen LogP contribution in [0.15, 0.2) is 24.3 Å². The minimum absolute atomic E-state index is 0.0219. The number of carbonyl (C=O) groups is 2. The van der Waals surface area contributed by atoms with E-state index in [1.54, 1.807) is 24.3 Å². The fraction of sp³-hybridized carbons (Fsp3) is 0.579. The van der Waals surface area contributed by atoms with E-state index in [9.17, 15) is 9.59 Å². The Morgan fingerprint density at radius 2 is 1.73 bits per heavy atom. The summed E-state index contributed by atoms with van der Waals surface area (Å²) in [6, 6.07) is 7.09. The first kappa shape index (κ1) is 20.5. The van der Waals surface area contributed by atoms with Crippen LogP contribution < -0.4 is 10.1 Å². The van der Waals surface area contributed by atoms with Gasteiger partial charge in [0.1, 0.15) is 5.75 Å². The van der Waals surface area contributed by atoms with E-state index in [-0.39, 0.29) is 17.4 Å². The highest BCUT2D eigenvalue weighted by Gasteiger charge is 2.23. The molecule has 1 aliphatic rings. The van der Waals surface area contributed by atoms with Crippen LogP contribution in [0.3, 0.4) is 0 Å². The van der Waals surface area contributed by atoms with Gasteiger partial charge in [0.15, 0.2) is 0 Å². The SMILES string of the molecule is CC(C)(C)NC(=O)CN1CCN(C(=O)CCOc2ccc(Cl)cc2)CC1. The predicted molar refractivity (Wildman–Crippen MR) is 102 cm³/mol. The van der Waals surface area contributed by atoms with Gasteiger partial charge in [-0.15, -0.1) is 0 Å². The number of hydrogen-bond donors (Lipinski definition) is 1. The molecule has 0 saturated carbocycles. The van der Waals surface area contributed by atoms with Crippen LogP contribution >= 0.6 is 11.6 Å².